The molecule has 0 radical (unpaired) electrons. The molecule has 6 nitrogen and oxygen atoms in total. The van der Waals surface area contributed by atoms with Crippen LogP contribution in [0.2, 0.25) is 0 Å². The largest absolute Gasteiger partial charge is 0.379 e. The summed E-state index contributed by atoms with van der Waals surface area (Å²) >= 11 is 0. The van der Waals surface area contributed by atoms with E-state index in [1.807, 2.05) is 0 Å². The van der Waals surface area contributed by atoms with E-state index in [-0.39, 0.29) is 0 Å². The molecule has 6 heteroatoms. The predicted molar refractivity (Wildman–Crippen MR) is 96.1 cm³/mol. The van der Waals surface area contributed by atoms with E-state index in [1.165, 1.54) is 12.8 Å². The maximum atomic E-state index is 5.38. The maximum absolute atomic E-state index is 5.38. The van der Waals surface area contributed by atoms with Crippen molar-refractivity contribution in [2.75, 3.05) is 59.0 Å². The van der Waals surface area contributed by atoms with Crippen LogP contribution in [-0.4, -0.2) is 86.9 Å². The SMILES string of the molecule is CCNC(=NCCN1CCOCC1)NCCN(C(C)C)C1CC1. The van der Waals surface area contributed by atoms with Crippen molar-refractivity contribution in [3.8, 4) is 0 Å². The molecular formula is C17H35N5O. The third-order valence-corrected chi connectivity index (χ3v) is 4.48. The highest BCUT2D eigenvalue weighted by atomic mass is 16.5. The van der Waals surface area contributed by atoms with E-state index < -0.39 is 0 Å². The second-order valence-corrected chi connectivity index (χ2v) is 6.70. The van der Waals surface area contributed by atoms with Crippen molar-refractivity contribution in [2.45, 2.75) is 45.7 Å². The van der Waals surface area contributed by atoms with Crippen LogP contribution >= 0.6 is 0 Å². The Hall–Kier alpha value is -0.850. The molecule has 0 aromatic rings. The van der Waals surface area contributed by atoms with Gasteiger partial charge in [0.25, 0.3) is 0 Å². The predicted octanol–water partition coefficient (Wildman–Crippen LogP) is 0.747. The van der Waals surface area contributed by atoms with E-state index in [4.69, 9.17) is 9.73 Å². The number of hydrogen-bond acceptors (Lipinski definition) is 4. The summed E-state index contributed by atoms with van der Waals surface area (Å²) in [5.74, 6) is 0.945. The zero-order valence-electron chi connectivity index (χ0n) is 15.2. The number of nitrogens with one attached hydrogen (secondary N) is 2. The van der Waals surface area contributed by atoms with Crippen molar-refractivity contribution in [2.24, 2.45) is 4.99 Å². The average molecular weight is 326 g/mol. The number of nitrogens with zero attached hydrogens (tertiary/aromatic N) is 3. The number of guanidine groups is 1. The smallest absolute Gasteiger partial charge is 0.191 e. The van der Waals surface area contributed by atoms with Gasteiger partial charge in [0.2, 0.25) is 0 Å². The lowest BCUT2D eigenvalue weighted by atomic mass is 10.3. The first-order chi connectivity index (χ1) is 11.2. The molecule has 1 saturated heterocycles. The molecule has 2 fully saturated rings. The zero-order chi connectivity index (χ0) is 16.5. The highest BCUT2D eigenvalue weighted by Gasteiger charge is 2.30. The fourth-order valence-corrected chi connectivity index (χ4v) is 3.04. The Balaban J connectivity index is 1.68. The van der Waals surface area contributed by atoms with Gasteiger partial charge in [-0.15, -0.1) is 0 Å². The van der Waals surface area contributed by atoms with E-state index in [2.05, 4.69) is 41.2 Å². The minimum Gasteiger partial charge on any atom is -0.379 e. The third-order valence-electron chi connectivity index (χ3n) is 4.48. The maximum Gasteiger partial charge on any atom is 0.191 e. The van der Waals surface area contributed by atoms with Crippen LogP contribution in [-0.2, 0) is 4.74 Å². The van der Waals surface area contributed by atoms with E-state index in [0.29, 0.717) is 6.04 Å². The Kier molecular flexibility index (Phi) is 8.12. The summed E-state index contributed by atoms with van der Waals surface area (Å²) in [4.78, 5) is 9.73. The number of morpholine rings is 1. The topological polar surface area (TPSA) is 52.1 Å². The third kappa shape index (κ3) is 7.06. The van der Waals surface area contributed by atoms with Crippen LogP contribution in [0.25, 0.3) is 0 Å². The molecule has 1 aliphatic heterocycles. The molecule has 0 unspecified atom stereocenters. The molecule has 1 heterocycles. The number of rotatable bonds is 9. The van der Waals surface area contributed by atoms with E-state index in [1.54, 1.807) is 0 Å². The Bertz CT molecular complexity index is 349. The molecule has 2 rings (SSSR count). The minimum absolute atomic E-state index is 0.630. The summed E-state index contributed by atoms with van der Waals surface area (Å²) in [6.07, 6.45) is 2.73. The number of ether oxygens (including phenoxy) is 1. The van der Waals surface area contributed by atoms with Gasteiger partial charge in [-0.1, -0.05) is 0 Å². The summed E-state index contributed by atoms with van der Waals surface area (Å²) in [5, 5.41) is 6.83. The van der Waals surface area contributed by atoms with E-state index in [0.717, 1.165) is 71.0 Å². The van der Waals surface area contributed by atoms with Crippen molar-refractivity contribution in [3.63, 3.8) is 0 Å². The van der Waals surface area contributed by atoms with Gasteiger partial charge >= 0.3 is 0 Å². The summed E-state index contributed by atoms with van der Waals surface area (Å²) in [7, 11) is 0. The fourth-order valence-electron chi connectivity index (χ4n) is 3.04. The molecule has 1 saturated carbocycles. The first kappa shape index (κ1) is 18.5. The van der Waals surface area contributed by atoms with Crippen LogP contribution in [0.4, 0.5) is 0 Å². The Morgan fingerprint density at radius 2 is 2.00 bits per heavy atom. The Morgan fingerprint density at radius 3 is 2.61 bits per heavy atom. The zero-order valence-corrected chi connectivity index (χ0v) is 15.2. The molecule has 23 heavy (non-hydrogen) atoms. The van der Waals surface area contributed by atoms with Gasteiger partial charge in [-0.05, 0) is 33.6 Å². The lowest BCUT2D eigenvalue weighted by Crippen LogP contribution is -2.44. The molecule has 0 aromatic carbocycles. The molecule has 134 valence electrons. The first-order valence-corrected chi connectivity index (χ1v) is 9.28. The quantitative estimate of drug-likeness (QED) is 0.484. The minimum atomic E-state index is 0.630. The highest BCUT2D eigenvalue weighted by Crippen LogP contribution is 2.27. The Labute approximate surface area is 141 Å². The number of hydrogen-bond donors (Lipinski definition) is 2. The average Bonchev–Trinajstić information content (AvgIpc) is 3.37. The summed E-state index contributed by atoms with van der Waals surface area (Å²) in [6.45, 7) is 15.3. The molecule has 2 aliphatic rings. The van der Waals surface area contributed by atoms with Crippen LogP contribution in [0.15, 0.2) is 4.99 Å². The van der Waals surface area contributed by atoms with Gasteiger partial charge in [0.15, 0.2) is 5.96 Å². The van der Waals surface area contributed by atoms with Gasteiger partial charge in [-0.2, -0.15) is 0 Å². The van der Waals surface area contributed by atoms with Crippen LogP contribution in [0.5, 0.6) is 0 Å². The molecule has 1 aliphatic carbocycles. The molecule has 0 amide bonds. The molecular weight excluding hydrogens is 290 g/mol. The van der Waals surface area contributed by atoms with Crippen LogP contribution in [0.1, 0.15) is 33.6 Å². The molecule has 0 bridgehead atoms. The standard InChI is InChI=1S/C17H35N5O/c1-4-18-17(19-7-9-21-11-13-23-14-12-21)20-8-10-22(15(2)3)16-5-6-16/h15-16H,4-14H2,1-3H3,(H2,18,19,20). The van der Waals surface area contributed by atoms with Crippen molar-refractivity contribution in [1.82, 2.24) is 20.4 Å². The van der Waals surface area contributed by atoms with Crippen molar-refractivity contribution in [3.05, 3.63) is 0 Å². The van der Waals surface area contributed by atoms with Gasteiger partial charge in [-0.3, -0.25) is 14.8 Å². The van der Waals surface area contributed by atoms with Crippen LogP contribution < -0.4 is 10.6 Å². The second kappa shape index (κ2) is 10.1. The number of aliphatic imine (C=N–C) groups is 1. The normalized spacial score (nSPS) is 20.3. The van der Waals surface area contributed by atoms with Crippen molar-refractivity contribution >= 4 is 5.96 Å². The van der Waals surface area contributed by atoms with E-state index in [9.17, 15) is 0 Å². The molecule has 0 atom stereocenters. The molecule has 2 N–H and O–H groups in total. The summed E-state index contributed by atoms with van der Waals surface area (Å²) in [6, 6.07) is 1.45. The van der Waals surface area contributed by atoms with Crippen molar-refractivity contribution in [1.29, 1.82) is 0 Å². The van der Waals surface area contributed by atoms with Gasteiger partial charge in [0.05, 0.1) is 19.8 Å². The monoisotopic (exact) mass is 325 g/mol. The summed E-state index contributed by atoms with van der Waals surface area (Å²) in [5.41, 5.74) is 0. The van der Waals surface area contributed by atoms with E-state index >= 15 is 0 Å². The second-order valence-electron chi connectivity index (χ2n) is 6.70. The van der Waals surface area contributed by atoms with Crippen LogP contribution in [0, 0.1) is 0 Å². The fraction of sp³-hybridized carbons (Fsp3) is 0.941. The van der Waals surface area contributed by atoms with Crippen LogP contribution in [0.3, 0.4) is 0 Å². The van der Waals surface area contributed by atoms with Gasteiger partial charge in [0, 0.05) is 51.4 Å². The van der Waals surface area contributed by atoms with Gasteiger partial charge < -0.3 is 15.4 Å². The van der Waals surface area contributed by atoms with Gasteiger partial charge in [0.1, 0.15) is 0 Å². The first-order valence-electron chi connectivity index (χ1n) is 9.28. The van der Waals surface area contributed by atoms with Gasteiger partial charge in [-0.25, -0.2) is 0 Å². The van der Waals surface area contributed by atoms with Crippen molar-refractivity contribution < 1.29 is 4.74 Å². The lowest BCUT2D eigenvalue weighted by Gasteiger charge is -2.27. The highest BCUT2D eigenvalue weighted by molar-refractivity contribution is 5.79. The molecule has 0 aromatic heterocycles. The lowest BCUT2D eigenvalue weighted by molar-refractivity contribution is 0.0394. The Morgan fingerprint density at radius 1 is 1.26 bits per heavy atom. The molecule has 0 spiro atoms. The summed E-state index contributed by atoms with van der Waals surface area (Å²) < 4.78 is 5.38.